The van der Waals surface area contributed by atoms with E-state index >= 15 is 0 Å². The summed E-state index contributed by atoms with van der Waals surface area (Å²) in [4.78, 5) is 17.6. The van der Waals surface area contributed by atoms with Crippen LogP contribution >= 0.6 is 17.1 Å². The van der Waals surface area contributed by atoms with Crippen LogP contribution in [0.4, 0.5) is 0 Å². The van der Waals surface area contributed by atoms with Crippen LogP contribution < -0.4 is 0 Å². The van der Waals surface area contributed by atoms with E-state index in [0.29, 0.717) is 0 Å². The molecule has 2 nitrogen and oxygen atoms in total. The van der Waals surface area contributed by atoms with Crippen LogP contribution in [0.3, 0.4) is 0 Å². The molecule has 0 aliphatic carbocycles. The molecule has 0 radical (unpaired) electrons. The van der Waals surface area contributed by atoms with Crippen molar-refractivity contribution >= 4 is 28.9 Å². The topological polar surface area (TPSA) is 40.5 Å². The Morgan fingerprint density at radius 3 is 1.67 bits per heavy atom. The Hall–Kier alpha value is 0.920. The van der Waals surface area contributed by atoms with Crippen molar-refractivity contribution in [3.63, 3.8) is 0 Å². The Morgan fingerprint density at radius 2 is 1.67 bits per heavy atom. The third-order valence-corrected chi connectivity index (χ3v) is 4.21. The van der Waals surface area contributed by atoms with Crippen LogP contribution in [0.15, 0.2) is 0 Å². The van der Waals surface area contributed by atoms with Gasteiger partial charge in [0.05, 0.1) is 0 Å². The molecule has 0 aliphatic rings. The van der Waals surface area contributed by atoms with Gasteiger partial charge in [0.15, 0.2) is 0 Å². The third-order valence-electron chi connectivity index (χ3n) is 0.393. The van der Waals surface area contributed by atoms with E-state index in [-0.39, 0.29) is 4.75 Å². The molecular formula is C4H11O2PS2. The minimum absolute atomic E-state index is 0.154. The molecule has 0 aromatic heterocycles. The minimum Gasteiger partial charge on any atom is -0.338 e. The highest BCUT2D eigenvalue weighted by molar-refractivity contribution is 8.67. The molecule has 56 valence electrons. The predicted molar refractivity (Wildman–Crippen MR) is 46.1 cm³/mol. The van der Waals surface area contributed by atoms with Crippen LogP contribution in [-0.4, -0.2) is 14.5 Å². The monoisotopic (exact) mass is 186 g/mol. The molecule has 9 heavy (non-hydrogen) atoms. The molecule has 5 heteroatoms. The maximum atomic E-state index is 8.80. The molecule has 0 atom stereocenters. The molecule has 0 spiro atoms. The largest absolute Gasteiger partial charge is 0.338 e. The first-order valence-electron chi connectivity index (χ1n) is 2.47. The highest BCUT2D eigenvalue weighted by atomic mass is 32.9. The van der Waals surface area contributed by atoms with Crippen molar-refractivity contribution in [3.8, 4) is 0 Å². The molecular weight excluding hydrogens is 175 g/mol. The maximum absolute atomic E-state index is 8.80. The molecule has 0 aliphatic heterocycles. The van der Waals surface area contributed by atoms with Crippen LogP contribution in [0.25, 0.3) is 0 Å². The second-order valence-electron chi connectivity index (χ2n) is 2.69. The van der Waals surface area contributed by atoms with E-state index in [0.717, 1.165) is 11.4 Å². The summed E-state index contributed by atoms with van der Waals surface area (Å²) in [5.74, 6) is 0. The van der Waals surface area contributed by atoms with E-state index in [1.807, 2.05) is 20.8 Å². The van der Waals surface area contributed by atoms with Gasteiger partial charge in [0.2, 0.25) is 5.69 Å². The summed E-state index contributed by atoms with van der Waals surface area (Å²) in [6.45, 7) is 5.68. The van der Waals surface area contributed by atoms with E-state index < -0.39 is 5.69 Å². The molecule has 0 rings (SSSR count). The van der Waals surface area contributed by atoms with Gasteiger partial charge >= 0.3 is 0 Å². The van der Waals surface area contributed by atoms with Crippen molar-refractivity contribution in [3.05, 3.63) is 0 Å². The fourth-order valence-electron chi connectivity index (χ4n) is 0.357. The first-order chi connectivity index (χ1) is 3.71. The van der Waals surface area contributed by atoms with Crippen LogP contribution in [0.5, 0.6) is 0 Å². The third kappa shape index (κ3) is 8.92. The van der Waals surface area contributed by atoms with Gasteiger partial charge in [0.25, 0.3) is 0 Å². The fraction of sp³-hybridized carbons (Fsp3) is 1.00. The maximum Gasteiger partial charge on any atom is 0.242 e. The lowest BCUT2D eigenvalue weighted by Crippen LogP contribution is -2.05. The summed E-state index contributed by atoms with van der Waals surface area (Å²) in [7, 11) is 0. The number of hydrogen-bond acceptors (Lipinski definition) is 2. The second-order valence-corrected chi connectivity index (χ2v) is 9.38. The average molecular weight is 186 g/mol. The van der Waals surface area contributed by atoms with Gasteiger partial charge in [-0.05, 0) is 11.8 Å². The summed E-state index contributed by atoms with van der Waals surface area (Å²) < 4.78 is -0.154. The van der Waals surface area contributed by atoms with Gasteiger partial charge in [-0.25, -0.2) is 0 Å². The molecule has 0 heterocycles. The molecule has 0 bridgehead atoms. The SMILES string of the molecule is CC(C)(C)SP(O)(O)=S. The summed E-state index contributed by atoms with van der Waals surface area (Å²) in [6.07, 6.45) is 0. The van der Waals surface area contributed by atoms with Gasteiger partial charge in [-0.1, -0.05) is 32.2 Å². The van der Waals surface area contributed by atoms with Gasteiger partial charge < -0.3 is 9.79 Å². The first kappa shape index (κ1) is 9.92. The Morgan fingerprint density at radius 1 is 1.33 bits per heavy atom. The lowest BCUT2D eigenvalue weighted by molar-refractivity contribution is 0.501. The summed E-state index contributed by atoms with van der Waals surface area (Å²) >= 11 is 5.47. The quantitative estimate of drug-likeness (QED) is 0.612. The molecule has 0 aromatic carbocycles. The molecule has 0 amide bonds. The number of hydrogen-bond donors (Lipinski definition) is 2. The summed E-state index contributed by atoms with van der Waals surface area (Å²) in [6, 6.07) is 0. The van der Waals surface area contributed by atoms with E-state index in [4.69, 9.17) is 9.79 Å². The molecule has 2 N–H and O–H groups in total. The Balaban J connectivity index is 3.90. The van der Waals surface area contributed by atoms with Crippen molar-refractivity contribution in [2.24, 2.45) is 0 Å². The smallest absolute Gasteiger partial charge is 0.242 e. The van der Waals surface area contributed by atoms with Crippen molar-refractivity contribution in [1.82, 2.24) is 0 Å². The van der Waals surface area contributed by atoms with E-state index in [1.165, 1.54) is 0 Å². The molecule has 0 saturated heterocycles. The highest BCUT2D eigenvalue weighted by Crippen LogP contribution is 2.56. The van der Waals surface area contributed by atoms with Gasteiger partial charge in [0, 0.05) is 4.75 Å². The molecule has 0 saturated carbocycles. The van der Waals surface area contributed by atoms with Crippen LogP contribution in [0, 0.1) is 0 Å². The van der Waals surface area contributed by atoms with Crippen LogP contribution in [0.2, 0.25) is 0 Å². The zero-order chi connectivity index (χ0) is 7.71. The average Bonchev–Trinajstić information content (AvgIpc) is 1.14. The summed E-state index contributed by atoms with van der Waals surface area (Å²) in [5.41, 5.74) is -3.04. The lowest BCUT2D eigenvalue weighted by atomic mass is 10.3. The first-order valence-corrected chi connectivity index (χ1v) is 6.60. The van der Waals surface area contributed by atoms with Gasteiger partial charge in [0.1, 0.15) is 0 Å². The lowest BCUT2D eigenvalue weighted by Gasteiger charge is -2.19. The number of rotatable bonds is 1. The van der Waals surface area contributed by atoms with Crippen molar-refractivity contribution < 1.29 is 9.79 Å². The normalized spacial score (nSPS) is 13.9. The Bertz CT molecular complexity index is 134. The predicted octanol–water partition coefficient (Wildman–Crippen LogP) is 1.73. The zero-order valence-electron chi connectivity index (χ0n) is 5.66. The van der Waals surface area contributed by atoms with Crippen molar-refractivity contribution in [2.75, 3.05) is 0 Å². The highest BCUT2D eigenvalue weighted by Gasteiger charge is 2.20. The van der Waals surface area contributed by atoms with E-state index in [1.54, 1.807) is 0 Å². The van der Waals surface area contributed by atoms with Crippen molar-refractivity contribution in [1.29, 1.82) is 0 Å². The minimum atomic E-state index is -3.04. The van der Waals surface area contributed by atoms with Gasteiger partial charge in [-0.2, -0.15) is 0 Å². The Kier molecular flexibility index (Phi) is 3.18. The second kappa shape index (κ2) is 2.89. The molecule has 0 unspecified atom stereocenters. The fourth-order valence-corrected chi connectivity index (χ4v) is 5.22. The van der Waals surface area contributed by atoms with Crippen LogP contribution in [0.1, 0.15) is 20.8 Å². The standard InChI is InChI=1S/C4H11O2PS2/c1-4(2,3)9-7(5,6)8/h1-3H3,(H2,5,6,8). The van der Waals surface area contributed by atoms with Gasteiger partial charge in [-0.3, -0.25) is 0 Å². The molecule has 0 aromatic rings. The van der Waals surface area contributed by atoms with Crippen LogP contribution in [-0.2, 0) is 11.8 Å². The van der Waals surface area contributed by atoms with Gasteiger partial charge in [-0.15, -0.1) is 0 Å². The molecule has 0 fully saturated rings. The zero-order valence-corrected chi connectivity index (χ0v) is 8.19. The Labute approximate surface area is 64.6 Å². The van der Waals surface area contributed by atoms with Crippen molar-refractivity contribution in [2.45, 2.75) is 25.5 Å². The van der Waals surface area contributed by atoms with E-state index in [2.05, 4.69) is 11.8 Å². The summed E-state index contributed by atoms with van der Waals surface area (Å²) in [5, 5.41) is 0. The van der Waals surface area contributed by atoms with E-state index in [9.17, 15) is 0 Å².